The van der Waals surface area contributed by atoms with Crippen molar-refractivity contribution in [2.45, 2.75) is 16.2 Å². The van der Waals surface area contributed by atoms with Gasteiger partial charge in [-0.05, 0) is 35.4 Å². The minimum absolute atomic E-state index is 0.0803. The molecule has 0 saturated heterocycles. The molecular formula is C9H11NO3S3. The lowest BCUT2D eigenvalue weighted by atomic mass is 10.1. The Kier molecular flexibility index (Phi) is 3.68. The first kappa shape index (κ1) is 12.1. The van der Waals surface area contributed by atoms with Crippen molar-refractivity contribution in [1.29, 1.82) is 0 Å². The van der Waals surface area contributed by atoms with E-state index >= 15 is 0 Å². The molecule has 0 saturated carbocycles. The van der Waals surface area contributed by atoms with Crippen LogP contribution in [-0.2, 0) is 16.3 Å². The summed E-state index contributed by atoms with van der Waals surface area (Å²) >= 11 is 0. The van der Waals surface area contributed by atoms with E-state index in [1.807, 2.05) is 0 Å². The third-order valence-electron chi connectivity index (χ3n) is 2.21. The van der Waals surface area contributed by atoms with Crippen molar-refractivity contribution in [3.8, 4) is 11.5 Å². The van der Waals surface area contributed by atoms with Gasteiger partial charge < -0.3 is 15.6 Å². The number of methoxy groups -OCH3 is 1. The second kappa shape index (κ2) is 4.87. The summed E-state index contributed by atoms with van der Waals surface area (Å²) in [5.41, 5.74) is 6.33. The first-order valence-corrected chi connectivity index (χ1v) is 8.40. The van der Waals surface area contributed by atoms with Crippen molar-refractivity contribution in [2.24, 2.45) is 5.73 Å². The number of hydrogen-bond acceptors (Lipinski definition) is 6. The molecule has 1 unspecified atom stereocenters. The molecule has 1 heterocycles. The van der Waals surface area contributed by atoms with Crippen LogP contribution in [-0.4, -0.2) is 23.0 Å². The predicted molar refractivity (Wildman–Crippen MR) is 67.3 cm³/mol. The fourth-order valence-electron chi connectivity index (χ4n) is 1.56. The summed E-state index contributed by atoms with van der Waals surface area (Å²) in [6.07, 6.45) is 0.604. The summed E-state index contributed by atoms with van der Waals surface area (Å²) in [5.74, 6) is 0.482. The maximum absolute atomic E-state index is 11.8. The van der Waals surface area contributed by atoms with E-state index in [0.29, 0.717) is 18.7 Å². The number of aromatic hydroxyl groups is 1. The first-order valence-electron chi connectivity index (χ1n) is 4.58. The van der Waals surface area contributed by atoms with Gasteiger partial charge in [0.15, 0.2) is 11.5 Å². The predicted octanol–water partition coefficient (Wildman–Crippen LogP) is 1.68. The Morgan fingerprint density at radius 1 is 1.62 bits per heavy atom. The number of phenolic OH excluding ortho intramolecular Hbond substituents is 1. The molecule has 0 aliphatic carbocycles. The lowest BCUT2D eigenvalue weighted by Gasteiger charge is -2.11. The summed E-state index contributed by atoms with van der Waals surface area (Å²) in [4.78, 5) is 1.50. The van der Waals surface area contributed by atoms with Crippen molar-refractivity contribution < 1.29 is 14.1 Å². The number of hydrogen-bond donors (Lipinski definition) is 2. The SMILES string of the molecule is COc1c(O)cc(CCN)c2c1SSS2=O. The fraction of sp³-hybridized carbons (Fsp3) is 0.333. The Morgan fingerprint density at radius 2 is 2.38 bits per heavy atom. The number of fused-ring (bicyclic) bond motifs is 1. The number of rotatable bonds is 3. The van der Waals surface area contributed by atoms with Gasteiger partial charge in [0.2, 0.25) is 0 Å². The molecule has 0 spiro atoms. The van der Waals surface area contributed by atoms with Gasteiger partial charge in [-0.1, -0.05) is 0 Å². The van der Waals surface area contributed by atoms with E-state index in [2.05, 4.69) is 0 Å². The monoisotopic (exact) mass is 277 g/mol. The summed E-state index contributed by atoms with van der Waals surface area (Å²) in [6.45, 7) is 0.463. The van der Waals surface area contributed by atoms with Crippen molar-refractivity contribution >= 4 is 30.5 Å². The maximum atomic E-state index is 11.8. The van der Waals surface area contributed by atoms with Gasteiger partial charge in [-0.15, -0.1) is 0 Å². The molecule has 1 aromatic rings. The van der Waals surface area contributed by atoms with E-state index in [-0.39, 0.29) is 5.75 Å². The molecule has 2 rings (SSSR count). The number of phenols is 1. The third kappa shape index (κ3) is 1.92. The van der Waals surface area contributed by atoms with Crippen LogP contribution in [0.3, 0.4) is 0 Å². The van der Waals surface area contributed by atoms with E-state index in [0.717, 1.165) is 15.4 Å². The molecule has 0 radical (unpaired) electrons. The van der Waals surface area contributed by atoms with Crippen LogP contribution >= 0.6 is 20.6 Å². The average Bonchev–Trinajstić information content (AvgIpc) is 2.62. The minimum atomic E-state index is -1.10. The Morgan fingerprint density at radius 3 is 3.00 bits per heavy atom. The number of benzene rings is 1. The molecular weight excluding hydrogens is 266 g/mol. The highest BCUT2D eigenvalue weighted by atomic mass is 33.5. The van der Waals surface area contributed by atoms with Crippen molar-refractivity contribution in [3.05, 3.63) is 11.6 Å². The van der Waals surface area contributed by atoms with Crippen LogP contribution in [0.15, 0.2) is 15.9 Å². The van der Waals surface area contributed by atoms with Gasteiger partial charge in [0, 0.05) is 9.83 Å². The Labute approximate surface area is 103 Å². The molecule has 0 bridgehead atoms. The molecule has 1 atom stereocenters. The summed E-state index contributed by atoms with van der Waals surface area (Å²) in [6, 6.07) is 1.59. The molecule has 4 nitrogen and oxygen atoms in total. The van der Waals surface area contributed by atoms with Gasteiger partial charge in [0.05, 0.1) is 16.9 Å². The lowest BCUT2D eigenvalue weighted by molar-refractivity contribution is 0.362. The van der Waals surface area contributed by atoms with Gasteiger partial charge in [-0.25, -0.2) is 4.21 Å². The van der Waals surface area contributed by atoms with Crippen LogP contribution in [0.1, 0.15) is 5.56 Å². The van der Waals surface area contributed by atoms with Crippen LogP contribution in [0, 0.1) is 0 Å². The third-order valence-corrected chi connectivity index (χ3v) is 7.19. The van der Waals surface area contributed by atoms with Crippen molar-refractivity contribution in [3.63, 3.8) is 0 Å². The van der Waals surface area contributed by atoms with Gasteiger partial charge in [0.25, 0.3) is 0 Å². The van der Waals surface area contributed by atoms with Crippen LogP contribution in [0.5, 0.6) is 11.5 Å². The topological polar surface area (TPSA) is 72.6 Å². The smallest absolute Gasteiger partial charge is 0.176 e. The number of nitrogens with two attached hydrogens (primary N) is 1. The zero-order valence-corrected chi connectivity index (χ0v) is 11.0. The van der Waals surface area contributed by atoms with Crippen molar-refractivity contribution in [2.75, 3.05) is 13.7 Å². The van der Waals surface area contributed by atoms with E-state index in [1.165, 1.54) is 27.7 Å². The minimum Gasteiger partial charge on any atom is -0.504 e. The number of ether oxygens (including phenoxy) is 1. The van der Waals surface area contributed by atoms with Gasteiger partial charge >= 0.3 is 0 Å². The van der Waals surface area contributed by atoms with Crippen LogP contribution in [0.25, 0.3) is 0 Å². The molecule has 1 aliphatic rings. The second-order valence-electron chi connectivity index (χ2n) is 3.17. The second-order valence-corrected chi connectivity index (χ2v) is 7.80. The van der Waals surface area contributed by atoms with Gasteiger partial charge in [-0.2, -0.15) is 0 Å². The fourth-order valence-corrected chi connectivity index (χ4v) is 6.94. The highest BCUT2D eigenvalue weighted by Gasteiger charge is 2.29. The van der Waals surface area contributed by atoms with E-state index < -0.39 is 9.83 Å². The summed E-state index contributed by atoms with van der Waals surface area (Å²) in [7, 11) is 3.03. The molecule has 1 aromatic carbocycles. The average molecular weight is 277 g/mol. The van der Waals surface area contributed by atoms with E-state index in [1.54, 1.807) is 6.07 Å². The molecule has 88 valence electrons. The van der Waals surface area contributed by atoms with Gasteiger partial charge in [0.1, 0.15) is 9.83 Å². The van der Waals surface area contributed by atoms with Crippen molar-refractivity contribution in [1.82, 2.24) is 0 Å². The normalized spacial score (nSPS) is 18.5. The Hall–Kier alpha value is -0.370. The van der Waals surface area contributed by atoms with Gasteiger partial charge in [-0.3, -0.25) is 0 Å². The van der Waals surface area contributed by atoms with Crippen LogP contribution in [0.2, 0.25) is 0 Å². The first-order chi connectivity index (χ1) is 7.69. The Balaban J connectivity index is 2.62. The molecule has 16 heavy (non-hydrogen) atoms. The highest BCUT2D eigenvalue weighted by molar-refractivity contribution is 9.06. The summed E-state index contributed by atoms with van der Waals surface area (Å²) in [5, 5.41) is 9.78. The largest absolute Gasteiger partial charge is 0.504 e. The van der Waals surface area contributed by atoms with Crippen LogP contribution in [0.4, 0.5) is 0 Å². The molecule has 3 N–H and O–H groups in total. The molecule has 7 heteroatoms. The molecule has 0 amide bonds. The zero-order valence-electron chi connectivity index (χ0n) is 8.56. The standard InChI is InChI=1S/C9H11NO3S3/c1-13-7-6(11)4-5(2-3-10)9-8(7)14-15-16(9)12/h4,11H,2-3,10H2,1H3. The Bertz CT molecular complexity index is 450. The van der Waals surface area contributed by atoms with E-state index in [4.69, 9.17) is 10.5 Å². The molecule has 1 aliphatic heterocycles. The van der Waals surface area contributed by atoms with E-state index in [9.17, 15) is 9.32 Å². The molecule has 0 fully saturated rings. The summed E-state index contributed by atoms with van der Waals surface area (Å²) < 4.78 is 16.9. The quantitative estimate of drug-likeness (QED) is 0.819. The highest BCUT2D eigenvalue weighted by Crippen LogP contribution is 2.55. The van der Waals surface area contributed by atoms with Crippen LogP contribution < -0.4 is 10.5 Å². The lowest BCUT2D eigenvalue weighted by Crippen LogP contribution is -2.05. The molecule has 0 aromatic heterocycles. The maximum Gasteiger partial charge on any atom is 0.176 e. The zero-order chi connectivity index (χ0) is 11.7.